The van der Waals surface area contributed by atoms with E-state index in [9.17, 15) is 9.90 Å². The topological polar surface area (TPSA) is 62.5 Å². The van der Waals surface area contributed by atoms with E-state index in [1.165, 1.54) is 0 Å². The van der Waals surface area contributed by atoms with Gasteiger partial charge in [0, 0.05) is 5.69 Å². The fourth-order valence-electron chi connectivity index (χ4n) is 2.52. The van der Waals surface area contributed by atoms with Crippen molar-refractivity contribution in [2.75, 3.05) is 5.32 Å². The van der Waals surface area contributed by atoms with Crippen LogP contribution in [0.2, 0.25) is 0 Å². The number of hydrogen-bond acceptors (Lipinski definition) is 3. The van der Waals surface area contributed by atoms with Gasteiger partial charge in [-0.3, -0.25) is 4.79 Å². The summed E-state index contributed by atoms with van der Waals surface area (Å²) in [6.07, 6.45) is -0.819. The van der Waals surface area contributed by atoms with Crippen LogP contribution in [0.3, 0.4) is 0 Å². The first-order valence-electron chi connectivity index (χ1n) is 6.60. The minimum Gasteiger partial charge on any atom is -0.463 e. The van der Waals surface area contributed by atoms with Crippen LogP contribution in [0.4, 0.5) is 5.69 Å². The van der Waals surface area contributed by atoms with Crippen LogP contribution in [-0.4, -0.2) is 11.0 Å². The van der Waals surface area contributed by atoms with Crippen molar-refractivity contribution in [1.82, 2.24) is 0 Å². The van der Waals surface area contributed by atoms with Crippen molar-refractivity contribution >= 4 is 11.6 Å². The Morgan fingerprint density at radius 1 is 1.25 bits per heavy atom. The number of benzene rings is 1. The molecule has 104 valence electrons. The highest BCUT2D eigenvalue weighted by Gasteiger charge is 2.38. The Kier molecular flexibility index (Phi) is 2.73. The zero-order valence-corrected chi connectivity index (χ0v) is 11.7. The molecule has 1 aromatic carbocycles. The first-order valence-corrected chi connectivity index (χ1v) is 6.60. The summed E-state index contributed by atoms with van der Waals surface area (Å²) in [7, 11) is 0. The molecule has 4 nitrogen and oxygen atoms in total. The minimum atomic E-state index is -0.819. The molecule has 20 heavy (non-hydrogen) atoms. The van der Waals surface area contributed by atoms with Crippen LogP contribution in [0.5, 0.6) is 0 Å². The summed E-state index contributed by atoms with van der Waals surface area (Å²) in [6, 6.07) is 9.10. The Bertz CT molecular complexity index is 685. The molecule has 0 fully saturated rings. The third-order valence-corrected chi connectivity index (χ3v) is 3.88. The second kappa shape index (κ2) is 4.21. The number of rotatable bonds is 2. The van der Waals surface area contributed by atoms with Crippen LogP contribution >= 0.6 is 0 Å². The predicted octanol–water partition coefficient (Wildman–Crippen LogP) is 2.90. The van der Waals surface area contributed by atoms with E-state index in [-0.39, 0.29) is 5.91 Å². The number of carbonyl (C=O) groups excluding carboxylic acids is 1. The second-order valence-electron chi connectivity index (χ2n) is 5.74. The average molecular weight is 271 g/mol. The number of carbonyl (C=O) groups is 1. The first-order chi connectivity index (χ1) is 9.39. The summed E-state index contributed by atoms with van der Waals surface area (Å²) in [5.41, 5.74) is 1.86. The molecule has 0 aliphatic carbocycles. The number of aliphatic hydroxyl groups is 1. The number of aryl methyl sites for hydroxylation is 1. The van der Waals surface area contributed by atoms with E-state index in [1.54, 1.807) is 6.07 Å². The molecule has 0 saturated heterocycles. The highest BCUT2D eigenvalue weighted by Crippen LogP contribution is 2.39. The standard InChI is InChI=1S/C16H17NO3/c1-9-4-7-13(20-9)14(18)10-5-6-12-11(8-10)16(2,3)15(19)17-12/h4-8,14,18H,1-3H3,(H,17,19). The zero-order chi connectivity index (χ0) is 14.5. The van der Waals surface area contributed by atoms with Crippen molar-refractivity contribution in [3.63, 3.8) is 0 Å². The molecule has 1 atom stereocenters. The lowest BCUT2D eigenvalue weighted by atomic mass is 9.85. The van der Waals surface area contributed by atoms with Crippen LogP contribution in [0.1, 0.15) is 42.6 Å². The van der Waals surface area contributed by atoms with E-state index in [1.807, 2.05) is 45.0 Å². The first kappa shape index (κ1) is 12.9. The number of nitrogens with one attached hydrogen (secondary N) is 1. The summed E-state index contributed by atoms with van der Waals surface area (Å²) >= 11 is 0. The number of fused-ring (bicyclic) bond motifs is 1. The van der Waals surface area contributed by atoms with E-state index in [0.717, 1.165) is 22.6 Å². The maximum Gasteiger partial charge on any atom is 0.234 e. The number of furan rings is 1. The molecule has 0 radical (unpaired) electrons. The minimum absolute atomic E-state index is 0.0204. The zero-order valence-electron chi connectivity index (χ0n) is 11.7. The molecule has 1 unspecified atom stereocenters. The number of aliphatic hydroxyl groups excluding tert-OH is 1. The van der Waals surface area contributed by atoms with Gasteiger partial charge < -0.3 is 14.8 Å². The number of amides is 1. The van der Waals surface area contributed by atoms with Gasteiger partial charge in [0.1, 0.15) is 17.6 Å². The summed E-state index contributed by atoms with van der Waals surface area (Å²) in [5.74, 6) is 1.25. The quantitative estimate of drug-likeness (QED) is 0.882. The van der Waals surface area contributed by atoms with E-state index < -0.39 is 11.5 Å². The molecule has 1 aromatic heterocycles. The Labute approximate surface area is 117 Å². The lowest BCUT2D eigenvalue weighted by Crippen LogP contribution is -2.26. The van der Waals surface area contributed by atoms with Gasteiger partial charge in [0.25, 0.3) is 0 Å². The van der Waals surface area contributed by atoms with Crippen LogP contribution in [0, 0.1) is 6.92 Å². The molecule has 1 amide bonds. The fourth-order valence-corrected chi connectivity index (χ4v) is 2.52. The maximum absolute atomic E-state index is 11.9. The largest absolute Gasteiger partial charge is 0.463 e. The summed E-state index contributed by atoms with van der Waals surface area (Å²) in [4.78, 5) is 11.9. The van der Waals surface area contributed by atoms with Gasteiger partial charge in [-0.05, 0) is 56.2 Å². The van der Waals surface area contributed by atoms with E-state index in [2.05, 4.69) is 5.32 Å². The lowest BCUT2D eigenvalue weighted by Gasteiger charge is -2.17. The smallest absolute Gasteiger partial charge is 0.234 e. The van der Waals surface area contributed by atoms with Gasteiger partial charge in [0.05, 0.1) is 5.41 Å². The Balaban J connectivity index is 2.02. The Hall–Kier alpha value is -2.07. The SMILES string of the molecule is Cc1ccc(C(O)c2ccc3c(c2)C(C)(C)C(=O)N3)o1. The third-order valence-electron chi connectivity index (χ3n) is 3.88. The van der Waals surface area contributed by atoms with Gasteiger partial charge in [-0.2, -0.15) is 0 Å². The van der Waals surface area contributed by atoms with Gasteiger partial charge in [0.15, 0.2) is 0 Å². The molecule has 2 aromatic rings. The Morgan fingerprint density at radius 2 is 2.00 bits per heavy atom. The highest BCUT2D eigenvalue weighted by molar-refractivity contribution is 6.05. The van der Waals surface area contributed by atoms with Crippen molar-refractivity contribution in [2.45, 2.75) is 32.3 Å². The fraction of sp³-hybridized carbons (Fsp3) is 0.312. The van der Waals surface area contributed by atoms with E-state index in [4.69, 9.17) is 4.42 Å². The van der Waals surface area contributed by atoms with Gasteiger partial charge in [0.2, 0.25) is 5.91 Å². The number of hydrogen-bond donors (Lipinski definition) is 2. The molecular formula is C16H17NO3. The molecule has 1 aliphatic rings. The van der Waals surface area contributed by atoms with Gasteiger partial charge in [-0.25, -0.2) is 0 Å². The molecule has 2 heterocycles. The van der Waals surface area contributed by atoms with Gasteiger partial charge in [-0.1, -0.05) is 6.07 Å². The normalized spacial score (nSPS) is 17.7. The van der Waals surface area contributed by atoms with Crippen molar-refractivity contribution in [3.05, 3.63) is 53.0 Å². The Morgan fingerprint density at radius 3 is 2.65 bits per heavy atom. The summed E-state index contributed by atoms with van der Waals surface area (Å²) in [6.45, 7) is 5.59. The highest BCUT2D eigenvalue weighted by atomic mass is 16.4. The molecule has 0 saturated carbocycles. The molecule has 0 spiro atoms. The second-order valence-corrected chi connectivity index (χ2v) is 5.74. The molecular weight excluding hydrogens is 254 g/mol. The summed E-state index contributed by atoms with van der Waals surface area (Å²) in [5, 5.41) is 13.2. The lowest BCUT2D eigenvalue weighted by molar-refractivity contribution is -0.119. The van der Waals surface area contributed by atoms with Crippen LogP contribution in [0.25, 0.3) is 0 Å². The maximum atomic E-state index is 11.9. The molecule has 1 aliphatic heterocycles. The molecule has 2 N–H and O–H groups in total. The molecule has 4 heteroatoms. The van der Waals surface area contributed by atoms with E-state index in [0.29, 0.717) is 5.76 Å². The van der Waals surface area contributed by atoms with Crippen LogP contribution in [-0.2, 0) is 10.2 Å². The van der Waals surface area contributed by atoms with E-state index >= 15 is 0 Å². The van der Waals surface area contributed by atoms with Crippen LogP contribution in [0.15, 0.2) is 34.7 Å². The third kappa shape index (κ3) is 1.84. The van der Waals surface area contributed by atoms with Crippen molar-refractivity contribution in [2.24, 2.45) is 0 Å². The van der Waals surface area contributed by atoms with Gasteiger partial charge in [-0.15, -0.1) is 0 Å². The number of anilines is 1. The molecule has 0 bridgehead atoms. The predicted molar refractivity (Wildman–Crippen MR) is 75.6 cm³/mol. The van der Waals surface area contributed by atoms with Gasteiger partial charge >= 0.3 is 0 Å². The van der Waals surface area contributed by atoms with Crippen molar-refractivity contribution < 1.29 is 14.3 Å². The average Bonchev–Trinajstić information content (AvgIpc) is 2.92. The van der Waals surface area contributed by atoms with Crippen LogP contribution < -0.4 is 5.32 Å². The molecule has 3 rings (SSSR count). The monoisotopic (exact) mass is 271 g/mol. The summed E-state index contributed by atoms with van der Waals surface area (Å²) < 4.78 is 5.46. The van der Waals surface area contributed by atoms with Crippen molar-refractivity contribution in [3.8, 4) is 0 Å². The van der Waals surface area contributed by atoms with Crippen molar-refractivity contribution in [1.29, 1.82) is 0 Å².